The number of aromatic nitrogens is 3. The third kappa shape index (κ3) is 2.61. The summed E-state index contributed by atoms with van der Waals surface area (Å²) < 4.78 is 18.6. The Morgan fingerprint density at radius 2 is 1.92 bits per heavy atom. The monoisotopic (exact) mass is 342 g/mol. The van der Waals surface area contributed by atoms with Crippen molar-refractivity contribution >= 4 is 34.2 Å². The number of H-pyrrole nitrogens is 1. The number of hydrogen-bond acceptors (Lipinski definition) is 4. The molecule has 120 valence electrons. The molecule has 0 radical (unpaired) electrons. The van der Waals surface area contributed by atoms with E-state index in [9.17, 15) is 4.39 Å². The van der Waals surface area contributed by atoms with Crippen LogP contribution in [0.4, 0.5) is 16.1 Å². The molecule has 5 nitrogen and oxygen atoms in total. The van der Waals surface area contributed by atoms with Crippen LogP contribution in [0.1, 0.15) is 5.56 Å². The Morgan fingerprint density at radius 3 is 2.71 bits per heavy atom. The van der Waals surface area contributed by atoms with Crippen molar-refractivity contribution < 1.29 is 8.81 Å². The van der Waals surface area contributed by atoms with Crippen molar-refractivity contribution in [3.63, 3.8) is 0 Å². The van der Waals surface area contributed by atoms with E-state index < -0.39 is 0 Å². The van der Waals surface area contributed by atoms with Crippen LogP contribution in [0.5, 0.6) is 0 Å². The number of aromatic amines is 1. The van der Waals surface area contributed by atoms with Crippen molar-refractivity contribution in [3.8, 4) is 11.6 Å². The number of rotatable bonds is 3. The van der Waals surface area contributed by atoms with Crippen LogP contribution in [-0.2, 0) is 0 Å². The van der Waals surface area contributed by atoms with Gasteiger partial charge in [-0.05, 0) is 55.0 Å². The first-order valence-corrected chi connectivity index (χ1v) is 7.62. The van der Waals surface area contributed by atoms with Crippen molar-refractivity contribution in [1.29, 1.82) is 0 Å². The van der Waals surface area contributed by atoms with Gasteiger partial charge in [-0.2, -0.15) is 0 Å². The summed E-state index contributed by atoms with van der Waals surface area (Å²) in [5.41, 5.74) is 3.32. The second-order valence-corrected chi connectivity index (χ2v) is 5.80. The van der Waals surface area contributed by atoms with E-state index in [-0.39, 0.29) is 11.8 Å². The summed E-state index contributed by atoms with van der Waals surface area (Å²) in [7, 11) is 0. The number of anilines is 2. The van der Waals surface area contributed by atoms with Gasteiger partial charge in [-0.15, -0.1) is 5.10 Å². The molecule has 7 heteroatoms. The largest absolute Gasteiger partial charge is 0.402 e. The highest BCUT2D eigenvalue weighted by Crippen LogP contribution is 2.31. The zero-order valence-corrected chi connectivity index (χ0v) is 13.4. The fraction of sp³-hybridized carbons (Fsp3) is 0.0588. The molecule has 2 heterocycles. The summed E-state index contributed by atoms with van der Waals surface area (Å²) in [6.07, 6.45) is 0. The Labute approximate surface area is 141 Å². The maximum atomic E-state index is 12.9. The Kier molecular flexibility index (Phi) is 3.46. The first-order valence-electron chi connectivity index (χ1n) is 7.24. The SMILES string of the molecule is Cc1c(-c2nnc(Nc3ccc(F)cc3)o2)[nH]c2ccc(Cl)cc12. The second kappa shape index (κ2) is 5.65. The number of benzene rings is 2. The van der Waals surface area contributed by atoms with Gasteiger partial charge < -0.3 is 14.7 Å². The summed E-state index contributed by atoms with van der Waals surface area (Å²) in [5.74, 6) is 0.0589. The lowest BCUT2D eigenvalue weighted by Gasteiger charge is -1.99. The molecule has 0 unspecified atom stereocenters. The van der Waals surface area contributed by atoms with Gasteiger partial charge in [-0.25, -0.2) is 4.39 Å². The third-order valence-corrected chi connectivity index (χ3v) is 3.99. The average molecular weight is 343 g/mol. The Morgan fingerprint density at radius 1 is 1.12 bits per heavy atom. The second-order valence-electron chi connectivity index (χ2n) is 5.36. The van der Waals surface area contributed by atoms with Crippen LogP contribution in [-0.4, -0.2) is 15.2 Å². The average Bonchev–Trinajstić information content (AvgIpc) is 3.15. The maximum Gasteiger partial charge on any atom is 0.320 e. The first kappa shape index (κ1) is 14.7. The lowest BCUT2D eigenvalue weighted by atomic mass is 10.1. The first-order chi connectivity index (χ1) is 11.6. The fourth-order valence-electron chi connectivity index (χ4n) is 2.54. The highest BCUT2D eigenvalue weighted by atomic mass is 35.5. The van der Waals surface area contributed by atoms with Crippen LogP contribution in [0, 0.1) is 12.7 Å². The van der Waals surface area contributed by atoms with E-state index in [1.54, 1.807) is 12.1 Å². The lowest BCUT2D eigenvalue weighted by Crippen LogP contribution is -1.90. The standard InChI is InChI=1S/C17H12ClFN4O/c1-9-13-8-10(18)2-7-14(13)21-15(9)16-22-23-17(24-16)20-12-5-3-11(19)4-6-12/h2-8,21H,1H3,(H,20,23). The van der Waals surface area contributed by atoms with Gasteiger partial charge in [-0.3, -0.25) is 0 Å². The van der Waals surface area contributed by atoms with Crippen LogP contribution in [0.3, 0.4) is 0 Å². The van der Waals surface area contributed by atoms with Crippen LogP contribution >= 0.6 is 11.6 Å². The summed E-state index contributed by atoms with van der Waals surface area (Å²) in [6, 6.07) is 11.7. The molecule has 0 aliphatic carbocycles. The van der Waals surface area contributed by atoms with E-state index >= 15 is 0 Å². The highest BCUT2D eigenvalue weighted by Gasteiger charge is 2.16. The molecule has 4 rings (SSSR count). The number of hydrogen-bond donors (Lipinski definition) is 2. The summed E-state index contributed by atoms with van der Waals surface area (Å²) >= 11 is 6.05. The molecule has 0 fully saturated rings. The van der Waals surface area contributed by atoms with Gasteiger partial charge in [0.05, 0.1) is 0 Å². The molecular weight excluding hydrogens is 331 g/mol. The topological polar surface area (TPSA) is 66.7 Å². The highest BCUT2D eigenvalue weighted by molar-refractivity contribution is 6.31. The molecule has 0 bridgehead atoms. The molecule has 0 spiro atoms. The fourth-order valence-corrected chi connectivity index (χ4v) is 2.72. The van der Waals surface area contributed by atoms with Gasteiger partial charge in [0.2, 0.25) is 0 Å². The van der Waals surface area contributed by atoms with Gasteiger partial charge in [0.1, 0.15) is 11.5 Å². The Balaban J connectivity index is 1.67. The van der Waals surface area contributed by atoms with E-state index in [0.29, 0.717) is 16.6 Å². The Bertz CT molecular complexity index is 1020. The molecule has 2 N–H and O–H groups in total. The van der Waals surface area contributed by atoms with E-state index in [1.807, 2.05) is 25.1 Å². The van der Waals surface area contributed by atoms with Gasteiger partial charge in [0.15, 0.2) is 0 Å². The predicted octanol–water partition coefficient (Wildman–Crippen LogP) is 5.06. The number of halogens is 2. The summed E-state index contributed by atoms with van der Waals surface area (Å²) in [6.45, 7) is 1.96. The van der Waals surface area contributed by atoms with Crippen molar-refractivity contribution in [2.75, 3.05) is 5.32 Å². The smallest absolute Gasteiger partial charge is 0.320 e. The normalized spacial score (nSPS) is 11.1. The van der Waals surface area contributed by atoms with Gasteiger partial charge >= 0.3 is 6.01 Å². The summed E-state index contributed by atoms with van der Waals surface area (Å²) in [5, 5.41) is 12.6. The maximum absolute atomic E-state index is 12.9. The van der Waals surface area contributed by atoms with E-state index in [0.717, 1.165) is 22.2 Å². The minimum absolute atomic E-state index is 0.229. The van der Waals surface area contributed by atoms with Crippen LogP contribution < -0.4 is 5.32 Å². The predicted molar refractivity (Wildman–Crippen MR) is 91.0 cm³/mol. The van der Waals surface area contributed by atoms with Crippen LogP contribution in [0.2, 0.25) is 5.02 Å². The van der Waals surface area contributed by atoms with Gasteiger partial charge in [0.25, 0.3) is 5.89 Å². The zero-order chi connectivity index (χ0) is 16.7. The molecule has 24 heavy (non-hydrogen) atoms. The van der Waals surface area contributed by atoms with Crippen LogP contribution in [0.15, 0.2) is 46.9 Å². The molecule has 0 aliphatic heterocycles. The molecule has 2 aromatic heterocycles. The third-order valence-electron chi connectivity index (χ3n) is 3.75. The number of nitrogens with zero attached hydrogens (tertiary/aromatic N) is 2. The van der Waals surface area contributed by atoms with Crippen LogP contribution in [0.25, 0.3) is 22.5 Å². The number of fused-ring (bicyclic) bond motifs is 1. The minimum Gasteiger partial charge on any atom is -0.402 e. The van der Waals surface area contributed by atoms with E-state index in [1.165, 1.54) is 12.1 Å². The molecule has 2 aromatic carbocycles. The van der Waals surface area contributed by atoms with E-state index in [4.69, 9.17) is 16.0 Å². The molecule has 0 saturated carbocycles. The molecule has 0 aliphatic rings. The Hall–Kier alpha value is -2.86. The summed E-state index contributed by atoms with van der Waals surface area (Å²) in [4.78, 5) is 3.26. The zero-order valence-electron chi connectivity index (χ0n) is 12.6. The van der Waals surface area contributed by atoms with Gasteiger partial charge in [-0.1, -0.05) is 16.7 Å². The van der Waals surface area contributed by atoms with Crippen molar-refractivity contribution in [2.45, 2.75) is 6.92 Å². The van der Waals surface area contributed by atoms with Crippen molar-refractivity contribution in [3.05, 3.63) is 58.9 Å². The number of aryl methyl sites for hydroxylation is 1. The molecule has 0 saturated heterocycles. The molecule has 0 atom stereocenters. The lowest BCUT2D eigenvalue weighted by molar-refractivity contribution is 0.585. The minimum atomic E-state index is -0.306. The number of nitrogens with one attached hydrogen (secondary N) is 2. The van der Waals surface area contributed by atoms with Crippen molar-refractivity contribution in [1.82, 2.24) is 15.2 Å². The molecule has 0 amide bonds. The van der Waals surface area contributed by atoms with Gasteiger partial charge in [0, 0.05) is 21.6 Å². The quantitative estimate of drug-likeness (QED) is 0.546. The molecular formula is C17H12ClFN4O. The molecule has 4 aromatic rings. The van der Waals surface area contributed by atoms with E-state index in [2.05, 4.69) is 20.5 Å². The van der Waals surface area contributed by atoms with Crippen molar-refractivity contribution in [2.24, 2.45) is 0 Å².